The molecule has 0 heterocycles. The molecule has 0 saturated heterocycles. The smallest absolute Gasteiger partial charge is 0.0192 e. The van der Waals surface area contributed by atoms with Gasteiger partial charge in [0, 0.05) is 19.1 Å². The van der Waals surface area contributed by atoms with E-state index >= 15 is 0 Å². The number of rotatable bonds is 7. The quantitative estimate of drug-likeness (QED) is 0.480. The lowest BCUT2D eigenvalue weighted by molar-refractivity contribution is 0.271. The molecule has 78 valence electrons. The Balaban J connectivity index is 3.56. The molecule has 1 unspecified atom stereocenters. The zero-order valence-electron chi connectivity index (χ0n) is 9.56. The third-order valence-corrected chi connectivity index (χ3v) is 2.14. The molecule has 0 aliphatic heterocycles. The number of nitrogens with zero attached hydrogens (tertiary/aromatic N) is 1. The molecule has 13 heavy (non-hydrogen) atoms. The maximum absolute atomic E-state index is 3.91. The monoisotopic (exact) mass is 184 g/mol. The van der Waals surface area contributed by atoms with Gasteiger partial charge in [0.2, 0.25) is 0 Å². The zero-order valence-corrected chi connectivity index (χ0v) is 9.56. The van der Waals surface area contributed by atoms with Crippen LogP contribution < -0.4 is 5.32 Å². The third-order valence-electron chi connectivity index (χ3n) is 2.14. The van der Waals surface area contributed by atoms with Crippen LogP contribution in [0.1, 0.15) is 27.2 Å². The summed E-state index contributed by atoms with van der Waals surface area (Å²) >= 11 is 0. The van der Waals surface area contributed by atoms with Crippen molar-refractivity contribution in [3.63, 3.8) is 0 Å². The van der Waals surface area contributed by atoms with Crippen LogP contribution in [0.3, 0.4) is 0 Å². The summed E-state index contributed by atoms with van der Waals surface area (Å²) in [6.45, 7) is 13.6. The van der Waals surface area contributed by atoms with Crippen molar-refractivity contribution < 1.29 is 0 Å². The van der Waals surface area contributed by atoms with E-state index in [0.717, 1.165) is 19.6 Å². The molecule has 1 N–H and O–H groups in total. The zero-order chi connectivity index (χ0) is 10.3. The van der Waals surface area contributed by atoms with E-state index in [4.69, 9.17) is 0 Å². The molecule has 0 aliphatic rings. The summed E-state index contributed by atoms with van der Waals surface area (Å²) in [5.41, 5.74) is 1.23. The maximum Gasteiger partial charge on any atom is 0.0192 e. The molecule has 1 atom stereocenters. The molecule has 0 fully saturated rings. The Morgan fingerprint density at radius 1 is 1.54 bits per heavy atom. The fourth-order valence-corrected chi connectivity index (χ4v) is 1.23. The van der Waals surface area contributed by atoms with Crippen molar-refractivity contribution in [2.24, 2.45) is 0 Å². The molecule has 0 bridgehead atoms. The Labute approximate surface area is 83.0 Å². The van der Waals surface area contributed by atoms with Crippen LogP contribution in [0.4, 0.5) is 0 Å². The molecular weight excluding hydrogens is 160 g/mol. The molecule has 2 nitrogen and oxygen atoms in total. The molecule has 0 aromatic heterocycles. The summed E-state index contributed by atoms with van der Waals surface area (Å²) < 4.78 is 0. The largest absolute Gasteiger partial charge is 0.315 e. The highest BCUT2D eigenvalue weighted by atomic mass is 15.1. The molecule has 0 spiro atoms. The summed E-state index contributed by atoms with van der Waals surface area (Å²) in [5.74, 6) is 0. The van der Waals surface area contributed by atoms with Gasteiger partial charge in [-0.15, -0.1) is 0 Å². The first kappa shape index (κ1) is 12.7. The van der Waals surface area contributed by atoms with Crippen molar-refractivity contribution >= 4 is 0 Å². The lowest BCUT2D eigenvalue weighted by Crippen LogP contribution is -2.38. The molecule has 0 radical (unpaired) electrons. The molecule has 0 amide bonds. The molecule has 0 aromatic rings. The van der Waals surface area contributed by atoms with E-state index in [1.54, 1.807) is 0 Å². The van der Waals surface area contributed by atoms with Crippen LogP contribution in [-0.4, -0.2) is 37.6 Å². The van der Waals surface area contributed by atoms with Gasteiger partial charge in [0.25, 0.3) is 0 Å². The Morgan fingerprint density at radius 3 is 2.62 bits per heavy atom. The van der Waals surface area contributed by atoms with E-state index in [2.05, 4.69) is 44.6 Å². The Bertz CT molecular complexity index is 143. The van der Waals surface area contributed by atoms with Gasteiger partial charge < -0.3 is 5.32 Å². The van der Waals surface area contributed by atoms with E-state index in [1.165, 1.54) is 12.0 Å². The summed E-state index contributed by atoms with van der Waals surface area (Å²) in [5, 5.41) is 3.42. The minimum Gasteiger partial charge on any atom is -0.315 e. The summed E-state index contributed by atoms with van der Waals surface area (Å²) in [7, 11) is 2.15. The van der Waals surface area contributed by atoms with Crippen LogP contribution in [0.2, 0.25) is 0 Å². The van der Waals surface area contributed by atoms with Gasteiger partial charge in [0.1, 0.15) is 0 Å². The van der Waals surface area contributed by atoms with Crippen molar-refractivity contribution in [1.29, 1.82) is 0 Å². The average Bonchev–Trinajstić information content (AvgIpc) is 2.03. The summed E-state index contributed by atoms with van der Waals surface area (Å²) in [4.78, 5) is 2.32. The standard InChI is InChI=1S/C11H24N2/c1-6-7-12-8-11(4)13(5)9-10(2)3/h11-12H,2,6-9H2,1,3-5H3. The fourth-order valence-electron chi connectivity index (χ4n) is 1.23. The van der Waals surface area contributed by atoms with E-state index in [9.17, 15) is 0 Å². The van der Waals surface area contributed by atoms with Gasteiger partial charge in [-0.05, 0) is 33.9 Å². The molecule has 0 saturated carbocycles. The number of likely N-dealkylation sites (N-methyl/N-ethyl adjacent to an activating group) is 1. The lowest BCUT2D eigenvalue weighted by atomic mass is 10.2. The molecule has 0 aromatic carbocycles. The van der Waals surface area contributed by atoms with Gasteiger partial charge in [-0.3, -0.25) is 4.90 Å². The summed E-state index contributed by atoms with van der Waals surface area (Å²) in [6.07, 6.45) is 1.21. The van der Waals surface area contributed by atoms with E-state index < -0.39 is 0 Å². The average molecular weight is 184 g/mol. The van der Waals surface area contributed by atoms with Crippen LogP contribution in [0.15, 0.2) is 12.2 Å². The van der Waals surface area contributed by atoms with Crippen molar-refractivity contribution in [2.45, 2.75) is 33.2 Å². The number of hydrogen-bond donors (Lipinski definition) is 1. The predicted molar refractivity (Wildman–Crippen MR) is 60.1 cm³/mol. The van der Waals surface area contributed by atoms with Crippen molar-refractivity contribution in [1.82, 2.24) is 10.2 Å². The highest BCUT2D eigenvalue weighted by Crippen LogP contribution is 1.98. The van der Waals surface area contributed by atoms with Crippen molar-refractivity contribution in [3.05, 3.63) is 12.2 Å². The summed E-state index contributed by atoms with van der Waals surface area (Å²) in [6, 6.07) is 0.586. The lowest BCUT2D eigenvalue weighted by Gasteiger charge is -2.24. The minimum atomic E-state index is 0.586. The number of nitrogens with one attached hydrogen (secondary N) is 1. The van der Waals surface area contributed by atoms with Gasteiger partial charge >= 0.3 is 0 Å². The highest BCUT2D eigenvalue weighted by molar-refractivity contribution is 4.92. The van der Waals surface area contributed by atoms with Gasteiger partial charge in [0.05, 0.1) is 0 Å². The first-order chi connectivity index (χ1) is 6.07. The van der Waals surface area contributed by atoms with Crippen LogP contribution in [0.25, 0.3) is 0 Å². The predicted octanol–water partition coefficient (Wildman–Crippen LogP) is 1.88. The molecular formula is C11H24N2. The topological polar surface area (TPSA) is 15.3 Å². The van der Waals surface area contributed by atoms with E-state index in [1.807, 2.05) is 0 Å². The maximum atomic E-state index is 3.91. The molecule has 2 heteroatoms. The Kier molecular flexibility index (Phi) is 6.92. The van der Waals surface area contributed by atoms with Crippen LogP contribution in [0.5, 0.6) is 0 Å². The molecule has 0 rings (SSSR count). The van der Waals surface area contributed by atoms with E-state index in [0.29, 0.717) is 6.04 Å². The van der Waals surface area contributed by atoms with E-state index in [-0.39, 0.29) is 0 Å². The molecule has 0 aliphatic carbocycles. The van der Waals surface area contributed by atoms with Crippen molar-refractivity contribution in [3.8, 4) is 0 Å². The Hall–Kier alpha value is -0.340. The second-order valence-corrected chi connectivity index (χ2v) is 3.93. The van der Waals surface area contributed by atoms with Gasteiger partial charge in [-0.2, -0.15) is 0 Å². The second-order valence-electron chi connectivity index (χ2n) is 3.93. The Morgan fingerprint density at radius 2 is 2.15 bits per heavy atom. The van der Waals surface area contributed by atoms with Crippen LogP contribution >= 0.6 is 0 Å². The second kappa shape index (κ2) is 7.10. The van der Waals surface area contributed by atoms with Crippen LogP contribution in [-0.2, 0) is 0 Å². The van der Waals surface area contributed by atoms with Gasteiger partial charge in [0.15, 0.2) is 0 Å². The van der Waals surface area contributed by atoms with Crippen LogP contribution in [0, 0.1) is 0 Å². The SMILES string of the molecule is C=C(C)CN(C)C(C)CNCCC. The fraction of sp³-hybridized carbons (Fsp3) is 0.818. The number of hydrogen-bond acceptors (Lipinski definition) is 2. The van der Waals surface area contributed by atoms with Gasteiger partial charge in [-0.25, -0.2) is 0 Å². The normalized spacial score (nSPS) is 13.3. The highest BCUT2D eigenvalue weighted by Gasteiger charge is 2.07. The van der Waals surface area contributed by atoms with Gasteiger partial charge in [-0.1, -0.05) is 19.1 Å². The first-order valence-corrected chi connectivity index (χ1v) is 5.13. The first-order valence-electron chi connectivity index (χ1n) is 5.13. The van der Waals surface area contributed by atoms with Crippen molar-refractivity contribution in [2.75, 3.05) is 26.7 Å². The minimum absolute atomic E-state index is 0.586. The third kappa shape index (κ3) is 6.79.